The monoisotopic (exact) mass is 411 g/mol. The van der Waals surface area contributed by atoms with Crippen molar-refractivity contribution in [3.8, 4) is 17.2 Å². The molecule has 2 heterocycles. The van der Waals surface area contributed by atoms with E-state index in [1.54, 1.807) is 12.1 Å². The standard InChI is InChI=1S/C23H26ClN3O2/c1-16(22-25-26-23(29-22)19-3-2-4-20(24)15-19)27-13-11-18(12-14-27)6-5-17-7-9-21(28)10-8-17/h2-4,7-10,15-16,18,28H,5-6,11-14H2,1H3. The van der Waals surface area contributed by atoms with Crippen molar-refractivity contribution in [1.29, 1.82) is 0 Å². The number of aromatic nitrogens is 2. The van der Waals surface area contributed by atoms with Crippen molar-refractivity contribution < 1.29 is 9.52 Å². The summed E-state index contributed by atoms with van der Waals surface area (Å²) in [5.74, 6) is 2.23. The first-order chi connectivity index (χ1) is 14.1. The Kier molecular flexibility index (Phi) is 6.16. The van der Waals surface area contributed by atoms with Gasteiger partial charge in [-0.3, -0.25) is 4.90 Å². The van der Waals surface area contributed by atoms with E-state index in [2.05, 4.69) is 22.0 Å². The van der Waals surface area contributed by atoms with Gasteiger partial charge in [0.15, 0.2) is 0 Å². The molecule has 1 unspecified atom stereocenters. The van der Waals surface area contributed by atoms with E-state index in [0.717, 1.165) is 31.0 Å². The minimum absolute atomic E-state index is 0.105. The molecule has 29 heavy (non-hydrogen) atoms. The zero-order valence-corrected chi connectivity index (χ0v) is 17.3. The van der Waals surface area contributed by atoms with Gasteiger partial charge in [-0.15, -0.1) is 10.2 Å². The zero-order valence-electron chi connectivity index (χ0n) is 16.6. The molecule has 1 atom stereocenters. The molecule has 1 fully saturated rings. The Morgan fingerprint density at radius 2 is 1.90 bits per heavy atom. The average Bonchev–Trinajstić information content (AvgIpc) is 3.24. The van der Waals surface area contributed by atoms with E-state index in [-0.39, 0.29) is 6.04 Å². The van der Waals surface area contributed by atoms with Crippen LogP contribution in [-0.4, -0.2) is 33.3 Å². The first-order valence-corrected chi connectivity index (χ1v) is 10.6. The van der Waals surface area contributed by atoms with E-state index in [4.69, 9.17) is 16.0 Å². The minimum atomic E-state index is 0.105. The van der Waals surface area contributed by atoms with Crippen LogP contribution in [0.2, 0.25) is 5.02 Å². The van der Waals surface area contributed by atoms with Crippen LogP contribution >= 0.6 is 11.6 Å². The molecular weight excluding hydrogens is 386 g/mol. The SMILES string of the molecule is CC(c1nnc(-c2cccc(Cl)c2)o1)N1CCC(CCc2ccc(O)cc2)CC1. The molecule has 0 amide bonds. The van der Waals surface area contributed by atoms with Crippen molar-refractivity contribution in [2.45, 2.75) is 38.6 Å². The second kappa shape index (κ2) is 8.97. The van der Waals surface area contributed by atoms with Crippen LogP contribution in [0.5, 0.6) is 5.75 Å². The molecule has 0 radical (unpaired) electrons. The molecule has 0 spiro atoms. The number of aromatic hydroxyl groups is 1. The van der Waals surface area contributed by atoms with Crippen LogP contribution < -0.4 is 0 Å². The lowest BCUT2D eigenvalue weighted by molar-refractivity contribution is 0.122. The van der Waals surface area contributed by atoms with Gasteiger partial charge >= 0.3 is 0 Å². The summed E-state index contributed by atoms with van der Waals surface area (Å²) in [7, 11) is 0. The lowest BCUT2D eigenvalue weighted by Gasteiger charge is -2.34. The van der Waals surface area contributed by atoms with Crippen LogP contribution in [-0.2, 0) is 6.42 Å². The second-order valence-electron chi connectivity index (χ2n) is 7.82. The number of nitrogens with zero attached hydrogens (tertiary/aromatic N) is 3. The summed E-state index contributed by atoms with van der Waals surface area (Å²) in [6, 6.07) is 15.1. The van der Waals surface area contributed by atoms with Gasteiger partial charge in [-0.1, -0.05) is 29.8 Å². The number of rotatable bonds is 6. The maximum absolute atomic E-state index is 9.40. The summed E-state index contributed by atoms with van der Waals surface area (Å²) < 4.78 is 5.94. The van der Waals surface area contributed by atoms with Crippen molar-refractivity contribution >= 4 is 11.6 Å². The van der Waals surface area contributed by atoms with Gasteiger partial charge in [0.2, 0.25) is 11.8 Å². The van der Waals surface area contributed by atoms with Crippen LogP contribution in [0.25, 0.3) is 11.5 Å². The highest BCUT2D eigenvalue weighted by molar-refractivity contribution is 6.30. The maximum Gasteiger partial charge on any atom is 0.247 e. The molecule has 1 saturated heterocycles. The molecule has 1 aliphatic rings. The number of aryl methyl sites for hydroxylation is 1. The Morgan fingerprint density at radius 1 is 1.14 bits per heavy atom. The number of likely N-dealkylation sites (tertiary alicyclic amines) is 1. The van der Waals surface area contributed by atoms with E-state index in [1.165, 1.54) is 24.8 Å². The Labute approximate surface area is 176 Å². The van der Waals surface area contributed by atoms with Crippen LogP contribution in [0.15, 0.2) is 52.9 Å². The first-order valence-electron chi connectivity index (χ1n) is 10.2. The van der Waals surface area contributed by atoms with Gasteiger partial charge in [0.05, 0.1) is 6.04 Å². The largest absolute Gasteiger partial charge is 0.508 e. The van der Waals surface area contributed by atoms with Crippen molar-refractivity contribution in [3.05, 3.63) is 65.0 Å². The zero-order chi connectivity index (χ0) is 20.2. The number of hydrogen-bond donors (Lipinski definition) is 1. The predicted molar refractivity (Wildman–Crippen MR) is 114 cm³/mol. The Hall–Kier alpha value is -2.37. The molecule has 0 saturated carbocycles. The smallest absolute Gasteiger partial charge is 0.247 e. The Bertz CT molecular complexity index is 933. The highest BCUT2D eigenvalue weighted by Gasteiger charge is 2.26. The van der Waals surface area contributed by atoms with Crippen molar-refractivity contribution in [2.75, 3.05) is 13.1 Å². The molecule has 1 N–H and O–H groups in total. The van der Waals surface area contributed by atoms with Gasteiger partial charge < -0.3 is 9.52 Å². The fourth-order valence-corrected chi connectivity index (χ4v) is 4.15. The Balaban J connectivity index is 1.30. The molecular formula is C23H26ClN3O2. The van der Waals surface area contributed by atoms with Gasteiger partial charge in [-0.25, -0.2) is 0 Å². The van der Waals surface area contributed by atoms with Crippen molar-refractivity contribution in [3.63, 3.8) is 0 Å². The molecule has 152 valence electrons. The van der Waals surface area contributed by atoms with Crippen LogP contribution in [0, 0.1) is 5.92 Å². The molecule has 3 aromatic rings. The Morgan fingerprint density at radius 3 is 2.62 bits per heavy atom. The topological polar surface area (TPSA) is 62.4 Å². The third kappa shape index (κ3) is 4.98. The number of benzene rings is 2. The number of hydrogen-bond acceptors (Lipinski definition) is 5. The molecule has 5 nitrogen and oxygen atoms in total. The molecule has 6 heteroatoms. The van der Waals surface area contributed by atoms with E-state index < -0.39 is 0 Å². The third-order valence-corrected chi connectivity index (χ3v) is 6.08. The molecule has 0 bridgehead atoms. The fourth-order valence-electron chi connectivity index (χ4n) is 3.96. The number of phenols is 1. The normalized spacial score (nSPS) is 16.8. The van der Waals surface area contributed by atoms with Crippen molar-refractivity contribution in [2.24, 2.45) is 5.92 Å². The minimum Gasteiger partial charge on any atom is -0.508 e. The van der Waals surface area contributed by atoms with Gasteiger partial charge in [0.25, 0.3) is 0 Å². The lowest BCUT2D eigenvalue weighted by Crippen LogP contribution is -2.36. The summed E-state index contributed by atoms with van der Waals surface area (Å²) in [5.41, 5.74) is 2.13. The van der Waals surface area contributed by atoms with E-state index in [1.807, 2.05) is 36.4 Å². The van der Waals surface area contributed by atoms with E-state index in [9.17, 15) is 5.11 Å². The summed E-state index contributed by atoms with van der Waals surface area (Å²) in [4.78, 5) is 2.42. The van der Waals surface area contributed by atoms with Crippen LogP contribution in [0.4, 0.5) is 0 Å². The third-order valence-electron chi connectivity index (χ3n) is 5.84. The number of halogens is 1. The summed E-state index contributed by atoms with van der Waals surface area (Å²) >= 11 is 6.06. The molecule has 2 aromatic carbocycles. The molecule has 0 aliphatic carbocycles. The summed E-state index contributed by atoms with van der Waals surface area (Å²) in [6.45, 7) is 4.21. The first kappa shape index (κ1) is 19.9. The lowest BCUT2D eigenvalue weighted by atomic mass is 9.90. The van der Waals surface area contributed by atoms with Gasteiger partial charge in [-0.2, -0.15) is 0 Å². The molecule has 1 aromatic heterocycles. The highest BCUT2D eigenvalue weighted by Crippen LogP contribution is 2.30. The number of phenolic OH excluding ortho intramolecular Hbond substituents is 1. The molecule has 1 aliphatic heterocycles. The fraction of sp³-hybridized carbons (Fsp3) is 0.391. The van der Waals surface area contributed by atoms with Crippen molar-refractivity contribution in [1.82, 2.24) is 15.1 Å². The summed E-state index contributed by atoms with van der Waals surface area (Å²) in [5, 5.41) is 18.5. The van der Waals surface area contributed by atoms with Crippen LogP contribution in [0.3, 0.4) is 0 Å². The predicted octanol–water partition coefficient (Wildman–Crippen LogP) is 5.50. The van der Waals surface area contributed by atoms with E-state index >= 15 is 0 Å². The summed E-state index contributed by atoms with van der Waals surface area (Å²) in [6.07, 6.45) is 4.61. The quantitative estimate of drug-likeness (QED) is 0.580. The van der Waals surface area contributed by atoms with Gasteiger partial charge in [0, 0.05) is 10.6 Å². The van der Waals surface area contributed by atoms with Gasteiger partial charge in [0.1, 0.15) is 5.75 Å². The molecule has 4 rings (SSSR count). The maximum atomic E-state index is 9.40. The highest BCUT2D eigenvalue weighted by atomic mass is 35.5. The van der Waals surface area contributed by atoms with E-state index in [0.29, 0.717) is 22.6 Å². The number of piperidine rings is 1. The van der Waals surface area contributed by atoms with Gasteiger partial charge in [-0.05, 0) is 87.5 Å². The van der Waals surface area contributed by atoms with Crippen LogP contribution in [0.1, 0.15) is 43.7 Å². The second-order valence-corrected chi connectivity index (χ2v) is 8.25. The average molecular weight is 412 g/mol.